The Labute approximate surface area is 129 Å². The minimum absolute atomic E-state index is 0.140. The lowest BCUT2D eigenvalue weighted by Gasteiger charge is -2.15. The van der Waals surface area contributed by atoms with Crippen LogP contribution in [0.5, 0.6) is 5.75 Å². The number of furan rings is 1. The van der Waals surface area contributed by atoms with Crippen molar-refractivity contribution in [3.63, 3.8) is 0 Å². The number of hydrogen-bond acceptors (Lipinski definition) is 3. The monoisotopic (exact) mass is 307 g/mol. The first-order chi connectivity index (χ1) is 10.1. The smallest absolute Gasteiger partial charge is 0.287 e. The van der Waals surface area contributed by atoms with Gasteiger partial charge in [-0.05, 0) is 38.1 Å². The Morgan fingerprint density at radius 2 is 2.00 bits per heavy atom. The van der Waals surface area contributed by atoms with Crippen molar-refractivity contribution in [3.05, 3.63) is 53.5 Å². The zero-order valence-corrected chi connectivity index (χ0v) is 12.8. The van der Waals surface area contributed by atoms with E-state index in [9.17, 15) is 4.79 Å². The fourth-order valence-corrected chi connectivity index (χ4v) is 1.93. The number of rotatable bonds is 6. The molecule has 21 heavy (non-hydrogen) atoms. The van der Waals surface area contributed by atoms with Crippen LogP contribution in [0, 0.1) is 6.92 Å². The van der Waals surface area contributed by atoms with Crippen LogP contribution >= 0.6 is 11.6 Å². The van der Waals surface area contributed by atoms with Crippen LogP contribution in [0.2, 0.25) is 0 Å². The zero-order valence-electron chi connectivity index (χ0n) is 12.1. The van der Waals surface area contributed by atoms with Crippen molar-refractivity contribution in [1.82, 2.24) is 5.32 Å². The maximum absolute atomic E-state index is 11.9. The van der Waals surface area contributed by atoms with E-state index in [0.29, 0.717) is 12.3 Å². The number of amides is 1. The minimum Gasteiger partial charge on any atom is -0.489 e. The normalized spacial score (nSPS) is 12.0. The molecule has 0 saturated carbocycles. The Balaban J connectivity index is 1.81. The molecule has 112 valence electrons. The summed E-state index contributed by atoms with van der Waals surface area (Å²) in [5.41, 5.74) is 1.18. The second-order valence-electron chi connectivity index (χ2n) is 4.85. The highest BCUT2D eigenvalue weighted by atomic mass is 35.5. The zero-order chi connectivity index (χ0) is 15.2. The Hall–Kier alpha value is -1.94. The molecule has 1 unspecified atom stereocenters. The Bertz CT molecular complexity index is 592. The quantitative estimate of drug-likeness (QED) is 0.831. The molecule has 2 aromatic rings. The maximum Gasteiger partial charge on any atom is 0.287 e. The van der Waals surface area contributed by atoms with E-state index in [1.54, 1.807) is 12.1 Å². The van der Waals surface area contributed by atoms with Crippen LogP contribution in [-0.4, -0.2) is 18.6 Å². The average molecular weight is 308 g/mol. The lowest BCUT2D eigenvalue weighted by Crippen LogP contribution is -2.33. The van der Waals surface area contributed by atoms with Crippen LogP contribution in [0.4, 0.5) is 0 Å². The van der Waals surface area contributed by atoms with Gasteiger partial charge >= 0.3 is 0 Å². The van der Waals surface area contributed by atoms with Gasteiger partial charge in [-0.15, -0.1) is 11.6 Å². The van der Waals surface area contributed by atoms with Gasteiger partial charge in [0.2, 0.25) is 0 Å². The molecule has 4 nitrogen and oxygen atoms in total. The molecule has 5 heteroatoms. The molecule has 0 saturated heterocycles. The van der Waals surface area contributed by atoms with Gasteiger partial charge in [0, 0.05) is 0 Å². The molecule has 1 atom stereocenters. The summed E-state index contributed by atoms with van der Waals surface area (Å²) in [6.45, 7) is 4.31. The van der Waals surface area contributed by atoms with Crippen LogP contribution in [-0.2, 0) is 5.88 Å². The number of benzene rings is 1. The third-order valence-electron chi connectivity index (χ3n) is 2.93. The van der Waals surface area contributed by atoms with Gasteiger partial charge in [-0.25, -0.2) is 0 Å². The number of ether oxygens (including phenoxy) is 1. The van der Waals surface area contributed by atoms with Gasteiger partial charge in [-0.1, -0.05) is 17.7 Å². The molecular formula is C16H18ClNO3. The maximum atomic E-state index is 11.9. The molecule has 1 aromatic heterocycles. The van der Waals surface area contributed by atoms with Crippen molar-refractivity contribution in [1.29, 1.82) is 0 Å². The summed E-state index contributed by atoms with van der Waals surface area (Å²) < 4.78 is 11.0. The molecule has 2 rings (SSSR count). The first kappa shape index (κ1) is 15.4. The van der Waals surface area contributed by atoms with Crippen molar-refractivity contribution < 1.29 is 13.9 Å². The fourth-order valence-electron chi connectivity index (χ4n) is 1.79. The SMILES string of the molecule is Cc1ccc(OC(C)CNC(=O)c2ccc(CCl)o2)cc1. The third kappa shape index (κ3) is 4.53. The average Bonchev–Trinajstić information content (AvgIpc) is 2.96. The molecule has 0 radical (unpaired) electrons. The van der Waals surface area contributed by atoms with Crippen molar-refractivity contribution in [3.8, 4) is 5.75 Å². The molecule has 0 fully saturated rings. The number of hydrogen-bond donors (Lipinski definition) is 1. The van der Waals surface area contributed by atoms with Crippen molar-refractivity contribution in [2.45, 2.75) is 25.8 Å². The third-order valence-corrected chi connectivity index (χ3v) is 3.19. The van der Waals surface area contributed by atoms with Gasteiger partial charge in [-0.3, -0.25) is 4.79 Å². The largest absolute Gasteiger partial charge is 0.489 e. The second-order valence-corrected chi connectivity index (χ2v) is 5.12. The topological polar surface area (TPSA) is 51.5 Å². The molecular weight excluding hydrogens is 290 g/mol. The van der Waals surface area contributed by atoms with E-state index in [0.717, 1.165) is 5.75 Å². The standard InChI is InChI=1S/C16H18ClNO3/c1-11-3-5-13(6-4-11)20-12(2)10-18-16(19)15-8-7-14(9-17)21-15/h3-8,12H,9-10H2,1-2H3,(H,18,19). The summed E-state index contributed by atoms with van der Waals surface area (Å²) in [7, 11) is 0. The van der Waals surface area contributed by atoms with Crippen LogP contribution in [0.3, 0.4) is 0 Å². The number of alkyl halides is 1. The molecule has 1 heterocycles. The highest BCUT2D eigenvalue weighted by Gasteiger charge is 2.12. The van der Waals surface area contributed by atoms with Gasteiger partial charge in [0.05, 0.1) is 12.4 Å². The van der Waals surface area contributed by atoms with Crippen LogP contribution in [0.25, 0.3) is 0 Å². The first-order valence-corrected chi connectivity index (χ1v) is 7.28. The van der Waals surface area contributed by atoms with Gasteiger partial charge in [-0.2, -0.15) is 0 Å². The van der Waals surface area contributed by atoms with Crippen molar-refractivity contribution in [2.75, 3.05) is 6.54 Å². The minimum atomic E-state index is -0.272. The van der Waals surface area contributed by atoms with Crippen LogP contribution < -0.4 is 10.1 Å². The fraction of sp³-hybridized carbons (Fsp3) is 0.312. The number of carbonyl (C=O) groups is 1. The highest BCUT2D eigenvalue weighted by molar-refractivity contribution is 6.16. The molecule has 0 aliphatic rings. The summed E-state index contributed by atoms with van der Waals surface area (Å²) in [6.07, 6.45) is -0.140. The second kappa shape index (κ2) is 7.18. The van der Waals surface area contributed by atoms with Gasteiger partial charge in [0.15, 0.2) is 5.76 Å². The predicted octanol–water partition coefficient (Wildman–Crippen LogP) is 3.52. The number of carbonyl (C=O) groups excluding carboxylic acids is 1. The molecule has 1 aromatic carbocycles. The summed E-state index contributed by atoms with van der Waals surface area (Å²) in [6, 6.07) is 11.1. The Morgan fingerprint density at radius 3 is 2.62 bits per heavy atom. The molecule has 0 bridgehead atoms. The summed E-state index contributed by atoms with van der Waals surface area (Å²) >= 11 is 5.63. The number of halogens is 1. The highest BCUT2D eigenvalue weighted by Crippen LogP contribution is 2.13. The molecule has 0 spiro atoms. The molecule has 1 N–H and O–H groups in total. The van der Waals surface area contributed by atoms with E-state index >= 15 is 0 Å². The van der Waals surface area contributed by atoms with Crippen molar-refractivity contribution in [2.24, 2.45) is 0 Å². The Morgan fingerprint density at radius 1 is 1.29 bits per heavy atom. The van der Waals surface area contributed by atoms with E-state index in [1.807, 2.05) is 38.1 Å². The number of aryl methyl sites for hydroxylation is 1. The molecule has 0 aliphatic carbocycles. The van der Waals surface area contributed by atoms with E-state index in [2.05, 4.69) is 5.32 Å². The van der Waals surface area contributed by atoms with Crippen LogP contribution in [0.15, 0.2) is 40.8 Å². The summed E-state index contributed by atoms with van der Waals surface area (Å²) in [4.78, 5) is 11.9. The molecule has 0 aliphatic heterocycles. The predicted molar refractivity (Wildman–Crippen MR) is 81.9 cm³/mol. The van der Waals surface area contributed by atoms with Gasteiger partial charge < -0.3 is 14.5 Å². The van der Waals surface area contributed by atoms with E-state index in [4.69, 9.17) is 20.8 Å². The summed E-state index contributed by atoms with van der Waals surface area (Å²) in [5.74, 6) is 1.59. The molecule has 1 amide bonds. The van der Waals surface area contributed by atoms with Gasteiger partial charge in [0.25, 0.3) is 5.91 Å². The summed E-state index contributed by atoms with van der Waals surface area (Å²) in [5, 5.41) is 2.77. The van der Waals surface area contributed by atoms with E-state index in [-0.39, 0.29) is 23.7 Å². The first-order valence-electron chi connectivity index (χ1n) is 6.74. The van der Waals surface area contributed by atoms with Crippen molar-refractivity contribution >= 4 is 17.5 Å². The van der Waals surface area contributed by atoms with Crippen LogP contribution in [0.1, 0.15) is 28.8 Å². The van der Waals surface area contributed by atoms with E-state index < -0.39 is 0 Å². The number of nitrogens with one attached hydrogen (secondary N) is 1. The lowest BCUT2D eigenvalue weighted by molar-refractivity contribution is 0.0903. The lowest BCUT2D eigenvalue weighted by atomic mass is 10.2. The van der Waals surface area contributed by atoms with Gasteiger partial charge in [0.1, 0.15) is 17.6 Å². The Kier molecular flexibility index (Phi) is 5.28. The van der Waals surface area contributed by atoms with E-state index in [1.165, 1.54) is 5.56 Å².